The minimum atomic E-state index is -0.615. The molecule has 35 heavy (non-hydrogen) atoms. The summed E-state index contributed by atoms with van der Waals surface area (Å²) in [6, 6.07) is 2.56. The molecule has 5 aliphatic rings. The third-order valence-corrected chi connectivity index (χ3v) is 13.6. The van der Waals surface area contributed by atoms with Crippen LogP contribution in [0.2, 0.25) is 0 Å². The van der Waals surface area contributed by atoms with E-state index in [9.17, 15) is 15.2 Å². The smallest absolute Gasteiger partial charge is 0.164 e. The third-order valence-electron chi connectivity index (χ3n) is 13.6. The molecule has 5 fully saturated rings. The van der Waals surface area contributed by atoms with Crippen molar-refractivity contribution in [3.05, 3.63) is 0 Å². The molecule has 196 valence electrons. The molecule has 1 aliphatic heterocycles. The highest BCUT2D eigenvalue weighted by Gasteiger charge is 2.72. The molecule has 4 aliphatic carbocycles. The predicted octanol–water partition coefficient (Wildman–Crippen LogP) is 6.56. The first-order valence-electron chi connectivity index (χ1n) is 14.4. The molecule has 4 saturated carbocycles. The Morgan fingerprint density at radius 1 is 1.00 bits per heavy atom. The predicted molar refractivity (Wildman–Crippen MR) is 137 cm³/mol. The first-order chi connectivity index (χ1) is 16.2. The molecule has 0 amide bonds. The molecule has 0 radical (unpaired) electrons. The first-order valence-corrected chi connectivity index (χ1v) is 14.4. The molecule has 4 nitrogen and oxygen atoms in total. The Labute approximate surface area is 213 Å². The highest BCUT2D eigenvalue weighted by molar-refractivity contribution is 5.85. The van der Waals surface area contributed by atoms with Gasteiger partial charge in [-0.05, 0) is 102 Å². The highest BCUT2D eigenvalue weighted by atomic mass is 16.5. The zero-order chi connectivity index (χ0) is 25.7. The number of hydrogen-bond donors (Lipinski definition) is 1. The molecule has 1 N–H and O–H groups in total. The molecule has 0 unspecified atom stereocenters. The van der Waals surface area contributed by atoms with Crippen molar-refractivity contribution in [2.24, 2.45) is 56.2 Å². The quantitative estimate of drug-likeness (QED) is 0.492. The van der Waals surface area contributed by atoms with E-state index in [1.54, 1.807) is 0 Å². The molecule has 4 heteroatoms. The van der Waals surface area contributed by atoms with E-state index in [2.05, 4.69) is 40.7 Å². The Balaban J connectivity index is 1.55. The number of fused-ring (bicyclic) bond motifs is 3. The number of ketones is 1. The van der Waals surface area contributed by atoms with Crippen LogP contribution in [0.4, 0.5) is 0 Å². The summed E-state index contributed by atoms with van der Waals surface area (Å²) in [7, 11) is 0. The number of nitrogens with zero attached hydrogens (tertiary/aromatic N) is 1. The van der Waals surface area contributed by atoms with Gasteiger partial charge in [-0.3, -0.25) is 4.79 Å². The van der Waals surface area contributed by atoms with Gasteiger partial charge in [0.2, 0.25) is 0 Å². The zero-order valence-electron chi connectivity index (χ0n) is 23.4. The number of rotatable bonds is 4. The first kappa shape index (κ1) is 25.7. The average Bonchev–Trinajstić information content (AvgIpc) is 3.12. The van der Waals surface area contributed by atoms with Crippen molar-refractivity contribution in [2.45, 2.75) is 112 Å². The summed E-state index contributed by atoms with van der Waals surface area (Å²) >= 11 is 0. The van der Waals surface area contributed by atoms with Gasteiger partial charge in [0.1, 0.15) is 6.61 Å². The van der Waals surface area contributed by atoms with Crippen molar-refractivity contribution in [1.29, 1.82) is 5.26 Å². The summed E-state index contributed by atoms with van der Waals surface area (Å²) in [6.45, 7) is 16.9. The SMILES string of the molecule is CC1(C)CC[C@]23CC[C@]4(C)[C@H](CC[C@@H]5[C@@](C)(CC#N)[C@H](C(C)(C)C(=O)CO)CC[C@]54C)[C@H]2[C@H]1OC3. The summed E-state index contributed by atoms with van der Waals surface area (Å²) < 4.78 is 6.67. The summed E-state index contributed by atoms with van der Waals surface area (Å²) in [5.41, 5.74) is 0.185. The molecule has 2 bridgehead atoms. The van der Waals surface area contributed by atoms with E-state index >= 15 is 0 Å². The summed E-state index contributed by atoms with van der Waals surface area (Å²) in [5, 5.41) is 19.8. The van der Waals surface area contributed by atoms with Crippen LogP contribution in [0.1, 0.15) is 106 Å². The van der Waals surface area contributed by atoms with Crippen LogP contribution in [0.3, 0.4) is 0 Å². The number of Topliss-reactive ketones (excluding diaryl/α,β-unsaturated/α-hetero) is 1. The molecule has 0 aromatic heterocycles. The second-order valence-electron chi connectivity index (χ2n) is 15.4. The van der Waals surface area contributed by atoms with Gasteiger partial charge in [-0.2, -0.15) is 5.26 Å². The van der Waals surface area contributed by atoms with Crippen molar-refractivity contribution >= 4 is 5.78 Å². The van der Waals surface area contributed by atoms with Crippen molar-refractivity contribution < 1.29 is 14.6 Å². The van der Waals surface area contributed by atoms with Crippen molar-refractivity contribution in [2.75, 3.05) is 13.2 Å². The van der Waals surface area contributed by atoms with Gasteiger partial charge >= 0.3 is 0 Å². The molecule has 5 rings (SSSR count). The summed E-state index contributed by atoms with van der Waals surface area (Å²) in [6.07, 6.45) is 10.5. The number of aliphatic hydroxyl groups excluding tert-OH is 1. The standard InChI is InChI=1S/C31H49NO3/c1-26(2)12-14-31-15-13-29(6)20(24(31)25(26)35-19-31)8-9-22-28(5,16-17-32)21(10-11-30(22,29)7)27(3,4)23(34)18-33/h20-22,24-25,33H,8-16,18-19H2,1-7H3/t20-,21+,22-,24+,25-,28+,29-,30-,31-/m1/s1. The Bertz CT molecular complexity index is 934. The molecule has 1 saturated heterocycles. The number of aliphatic hydroxyl groups is 1. The molecule has 1 heterocycles. The lowest BCUT2D eigenvalue weighted by Gasteiger charge is -2.72. The highest BCUT2D eigenvalue weighted by Crippen LogP contribution is 2.77. The van der Waals surface area contributed by atoms with E-state index in [0.29, 0.717) is 35.7 Å². The van der Waals surface area contributed by atoms with Gasteiger partial charge < -0.3 is 9.84 Å². The van der Waals surface area contributed by atoms with Gasteiger partial charge in [0.15, 0.2) is 5.78 Å². The van der Waals surface area contributed by atoms with E-state index in [0.717, 1.165) is 25.9 Å². The maximum Gasteiger partial charge on any atom is 0.164 e. The van der Waals surface area contributed by atoms with Crippen LogP contribution in [0.15, 0.2) is 0 Å². The fourth-order valence-electron chi connectivity index (χ4n) is 11.3. The van der Waals surface area contributed by atoms with Crippen molar-refractivity contribution in [3.63, 3.8) is 0 Å². The lowest BCUT2D eigenvalue weighted by atomic mass is 9.32. The fraction of sp³-hybridized carbons (Fsp3) is 0.935. The number of hydrogen-bond acceptors (Lipinski definition) is 4. The van der Waals surface area contributed by atoms with Crippen LogP contribution in [0.5, 0.6) is 0 Å². The Morgan fingerprint density at radius 2 is 1.69 bits per heavy atom. The Hall–Kier alpha value is -0.920. The van der Waals surface area contributed by atoms with Gasteiger partial charge in [-0.25, -0.2) is 0 Å². The number of carbonyl (C=O) groups is 1. The van der Waals surface area contributed by atoms with Crippen molar-refractivity contribution in [3.8, 4) is 6.07 Å². The van der Waals surface area contributed by atoms with Crippen LogP contribution >= 0.6 is 0 Å². The normalized spacial score (nSPS) is 50.4. The van der Waals surface area contributed by atoms with E-state index in [1.807, 2.05) is 13.8 Å². The molecule has 0 spiro atoms. The van der Waals surface area contributed by atoms with E-state index < -0.39 is 12.0 Å². The molecule has 9 atom stereocenters. The number of nitriles is 1. The second kappa shape index (κ2) is 7.80. The number of carbonyl (C=O) groups excluding carboxylic acids is 1. The van der Waals surface area contributed by atoms with Gasteiger partial charge in [0.05, 0.1) is 18.8 Å². The van der Waals surface area contributed by atoms with Gasteiger partial charge in [-0.1, -0.05) is 48.5 Å². The molecule has 0 aromatic rings. The molecular formula is C31H49NO3. The van der Waals surface area contributed by atoms with Crippen LogP contribution in [0.25, 0.3) is 0 Å². The van der Waals surface area contributed by atoms with Gasteiger partial charge in [0, 0.05) is 11.8 Å². The monoisotopic (exact) mass is 483 g/mol. The maximum atomic E-state index is 12.9. The molecular weight excluding hydrogens is 434 g/mol. The topological polar surface area (TPSA) is 70.3 Å². The average molecular weight is 484 g/mol. The van der Waals surface area contributed by atoms with E-state index in [-0.39, 0.29) is 33.4 Å². The summed E-state index contributed by atoms with van der Waals surface area (Å²) in [4.78, 5) is 12.9. The third kappa shape index (κ3) is 3.13. The zero-order valence-corrected chi connectivity index (χ0v) is 23.4. The molecule has 0 aromatic carbocycles. The largest absolute Gasteiger partial charge is 0.389 e. The second-order valence-corrected chi connectivity index (χ2v) is 15.4. The fourth-order valence-corrected chi connectivity index (χ4v) is 11.3. The lowest BCUT2D eigenvalue weighted by Crippen LogP contribution is -2.66. The Kier molecular flexibility index (Phi) is 5.73. The van der Waals surface area contributed by atoms with E-state index in [4.69, 9.17) is 4.74 Å². The maximum absolute atomic E-state index is 12.9. The Morgan fingerprint density at radius 3 is 2.34 bits per heavy atom. The van der Waals surface area contributed by atoms with Crippen LogP contribution in [-0.2, 0) is 9.53 Å². The van der Waals surface area contributed by atoms with Crippen LogP contribution in [0, 0.1) is 67.5 Å². The minimum absolute atomic E-state index is 0.0760. The van der Waals surface area contributed by atoms with Gasteiger partial charge in [0.25, 0.3) is 0 Å². The van der Waals surface area contributed by atoms with Crippen LogP contribution in [-0.4, -0.2) is 30.2 Å². The van der Waals surface area contributed by atoms with Gasteiger partial charge in [-0.15, -0.1) is 0 Å². The lowest BCUT2D eigenvalue weighted by molar-refractivity contribution is -0.233. The summed E-state index contributed by atoms with van der Waals surface area (Å²) in [5.74, 6) is 1.81. The number of ether oxygens (including phenoxy) is 1. The minimum Gasteiger partial charge on any atom is -0.389 e. The van der Waals surface area contributed by atoms with Crippen LogP contribution < -0.4 is 0 Å². The van der Waals surface area contributed by atoms with E-state index in [1.165, 1.54) is 32.1 Å². The van der Waals surface area contributed by atoms with Crippen molar-refractivity contribution in [1.82, 2.24) is 0 Å².